The van der Waals surface area contributed by atoms with Crippen molar-refractivity contribution in [2.24, 2.45) is 17.6 Å². The van der Waals surface area contributed by atoms with Crippen LogP contribution >= 0.6 is 12.2 Å². The van der Waals surface area contributed by atoms with Crippen LogP contribution in [-0.4, -0.2) is 10.9 Å². The van der Waals surface area contributed by atoms with E-state index < -0.39 is 5.92 Å². The van der Waals surface area contributed by atoms with Gasteiger partial charge < -0.3 is 11.1 Å². The Morgan fingerprint density at radius 1 is 1.35 bits per heavy atom. The van der Waals surface area contributed by atoms with Crippen LogP contribution in [-0.2, 0) is 4.79 Å². The van der Waals surface area contributed by atoms with Gasteiger partial charge in [-0.15, -0.1) is 0 Å². The molecule has 0 aliphatic carbocycles. The van der Waals surface area contributed by atoms with Gasteiger partial charge in [-0.1, -0.05) is 26.1 Å². The van der Waals surface area contributed by atoms with Gasteiger partial charge in [-0.2, -0.15) is 0 Å². The topological polar surface area (TPSA) is 55.1 Å². The lowest BCUT2D eigenvalue weighted by Crippen LogP contribution is -2.36. The summed E-state index contributed by atoms with van der Waals surface area (Å²) in [5.74, 6) is -1.11. The summed E-state index contributed by atoms with van der Waals surface area (Å²) in [6.07, 6.45) is 0. The summed E-state index contributed by atoms with van der Waals surface area (Å²) in [5, 5.41) is 2.66. The summed E-state index contributed by atoms with van der Waals surface area (Å²) in [5.41, 5.74) is 6.05. The van der Waals surface area contributed by atoms with Gasteiger partial charge in [0.05, 0.1) is 10.9 Å². The van der Waals surface area contributed by atoms with Gasteiger partial charge in [-0.3, -0.25) is 4.79 Å². The molecule has 0 spiro atoms. The van der Waals surface area contributed by atoms with Crippen LogP contribution in [0.4, 0.5) is 10.1 Å². The van der Waals surface area contributed by atoms with E-state index in [1.54, 1.807) is 0 Å². The molecule has 0 radical (unpaired) electrons. The second kappa shape index (κ2) is 5.72. The molecule has 0 heterocycles. The van der Waals surface area contributed by atoms with E-state index in [2.05, 4.69) is 5.32 Å². The van der Waals surface area contributed by atoms with Crippen molar-refractivity contribution >= 4 is 28.8 Å². The maximum atomic E-state index is 12.7. The highest BCUT2D eigenvalue weighted by atomic mass is 32.1. The predicted octanol–water partition coefficient (Wildman–Crippen LogP) is 2.32. The van der Waals surface area contributed by atoms with E-state index >= 15 is 0 Å². The van der Waals surface area contributed by atoms with Crippen LogP contribution in [0.2, 0.25) is 0 Å². The van der Waals surface area contributed by atoms with Crippen molar-refractivity contribution in [3.8, 4) is 0 Å². The van der Waals surface area contributed by atoms with E-state index in [0.29, 0.717) is 5.69 Å². The average Bonchev–Trinajstić information content (AvgIpc) is 2.20. The SMILES string of the molecule is CC(C)C(C(=O)Nc1ccc(F)cc1)C(N)=S. The molecule has 1 aromatic rings. The standard InChI is InChI=1S/C12H15FN2OS/c1-7(2)10(11(14)17)12(16)15-9-5-3-8(13)4-6-9/h3-7,10H,1-2H3,(H2,14,17)(H,15,16). The predicted molar refractivity (Wildman–Crippen MR) is 70.1 cm³/mol. The molecule has 1 rings (SSSR count). The maximum absolute atomic E-state index is 12.7. The Hall–Kier alpha value is -1.49. The lowest BCUT2D eigenvalue weighted by molar-refractivity contribution is -0.118. The summed E-state index contributed by atoms with van der Waals surface area (Å²) < 4.78 is 12.7. The van der Waals surface area contributed by atoms with Crippen molar-refractivity contribution in [1.82, 2.24) is 0 Å². The molecule has 0 aliphatic heterocycles. The van der Waals surface area contributed by atoms with Gasteiger partial charge in [0.1, 0.15) is 5.82 Å². The number of nitrogens with one attached hydrogen (secondary N) is 1. The number of thiocarbonyl (C=S) groups is 1. The number of carbonyl (C=O) groups is 1. The van der Waals surface area contributed by atoms with E-state index in [9.17, 15) is 9.18 Å². The first kappa shape index (κ1) is 13.6. The van der Waals surface area contributed by atoms with Crippen molar-refractivity contribution in [2.75, 3.05) is 5.32 Å². The minimum Gasteiger partial charge on any atom is -0.393 e. The van der Waals surface area contributed by atoms with Crippen molar-refractivity contribution < 1.29 is 9.18 Å². The molecule has 1 amide bonds. The highest BCUT2D eigenvalue weighted by Gasteiger charge is 2.24. The minimum atomic E-state index is -0.518. The van der Waals surface area contributed by atoms with Crippen molar-refractivity contribution in [3.05, 3.63) is 30.1 Å². The third kappa shape index (κ3) is 3.78. The van der Waals surface area contributed by atoms with Crippen LogP contribution in [0.15, 0.2) is 24.3 Å². The zero-order valence-corrected chi connectivity index (χ0v) is 10.6. The molecule has 3 N–H and O–H groups in total. The number of hydrogen-bond acceptors (Lipinski definition) is 2. The number of benzene rings is 1. The van der Waals surface area contributed by atoms with E-state index in [-0.39, 0.29) is 22.6 Å². The summed E-state index contributed by atoms with van der Waals surface area (Å²) >= 11 is 4.86. The number of carbonyl (C=O) groups excluding carboxylic acids is 1. The van der Waals surface area contributed by atoms with Gasteiger partial charge in [0.2, 0.25) is 5.91 Å². The van der Waals surface area contributed by atoms with Crippen molar-refractivity contribution in [1.29, 1.82) is 0 Å². The Morgan fingerprint density at radius 3 is 2.29 bits per heavy atom. The van der Waals surface area contributed by atoms with Gasteiger partial charge in [-0.25, -0.2) is 4.39 Å². The number of rotatable bonds is 4. The highest BCUT2D eigenvalue weighted by molar-refractivity contribution is 7.80. The zero-order chi connectivity index (χ0) is 13.0. The molecule has 3 nitrogen and oxygen atoms in total. The molecule has 0 aromatic heterocycles. The number of anilines is 1. The fourth-order valence-electron chi connectivity index (χ4n) is 1.51. The maximum Gasteiger partial charge on any atom is 0.234 e. The molecule has 5 heteroatoms. The Morgan fingerprint density at radius 2 is 1.88 bits per heavy atom. The third-order valence-corrected chi connectivity index (χ3v) is 2.62. The smallest absolute Gasteiger partial charge is 0.234 e. The molecule has 17 heavy (non-hydrogen) atoms. The van der Waals surface area contributed by atoms with Crippen LogP contribution in [0.1, 0.15) is 13.8 Å². The van der Waals surface area contributed by atoms with Crippen LogP contribution in [0.3, 0.4) is 0 Å². The van der Waals surface area contributed by atoms with Crippen LogP contribution < -0.4 is 11.1 Å². The van der Waals surface area contributed by atoms with Crippen LogP contribution in [0, 0.1) is 17.7 Å². The van der Waals surface area contributed by atoms with Gasteiger partial charge in [0.25, 0.3) is 0 Å². The molecule has 1 atom stereocenters. The van der Waals surface area contributed by atoms with E-state index in [4.69, 9.17) is 18.0 Å². The number of hydrogen-bond donors (Lipinski definition) is 2. The first-order valence-electron chi connectivity index (χ1n) is 5.27. The lowest BCUT2D eigenvalue weighted by atomic mass is 9.95. The monoisotopic (exact) mass is 254 g/mol. The number of nitrogens with two attached hydrogens (primary N) is 1. The van der Waals surface area contributed by atoms with Gasteiger partial charge >= 0.3 is 0 Å². The molecule has 0 aliphatic rings. The van der Waals surface area contributed by atoms with Gasteiger partial charge in [0, 0.05) is 5.69 Å². The van der Waals surface area contributed by atoms with Crippen molar-refractivity contribution in [2.45, 2.75) is 13.8 Å². The first-order valence-corrected chi connectivity index (χ1v) is 5.68. The van der Waals surface area contributed by atoms with Crippen molar-refractivity contribution in [3.63, 3.8) is 0 Å². The Kier molecular flexibility index (Phi) is 4.57. The molecule has 0 fully saturated rings. The molecule has 0 saturated carbocycles. The fourth-order valence-corrected chi connectivity index (χ4v) is 1.89. The van der Waals surface area contributed by atoms with E-state index in [1.807, 2.05) is 13.8 Å². The minimum absolute atomic E-state index is 0.0212. The summed E-state index contributed by atoms with van der Waals surface area (Å²) in [6, 6.07) is 5.54. The van der Waals surface area contributed by atoms with E-state index in [1.165, 1.54) is 24.3 Å². The van der Waals surface area contributed by atoms with Crippen LogP contribution in [0.25, 0.3) is 0 Å². The number of amides is 1. The first-order chi connectivity index (χ1) is 7.91. The summed E-state index contributed by atoms with van der Waals surface area (Å²) in [4.78, 5) is 12.1. The summed E-state index contributed by atoms with van der Waals surface area (Å²) in [6.45, 7) is 3.74. The average molecular weight is 254 g/mol. The number of halogens is 1. The molecular formula is C12H15FN2OS. The quantitative estimate of drug-likeness (QED) is 0.811. The molecule has 1 unspecified atom stereocenters. The second-order valence-corrected chi connectivity index (χ2v) is 4.59. The van der Waals surface area contributed by atoms with Gasteiger partial charge in [-0.05, 0) is 30.2 Å². The lowest BCUT2D eigenvalue weighted by Gasteiger charge is -2.18. The molecular weight excluding hydrogens is 239 g/mol. The third-order valence-electron chi connectivity index (χ3n) is 2.37. The highest BCUT2D eigenvalue weighted by Crippen LogP contribution is 2.15. The summed E-state index contributed by atoms with van der Waals surface area (Å²) in [7, 11) is 0. The zero-order valence-electron chi connectivity index (χ0n) is 9.74. The molecule has 92 valence electrons. The Balaban J connectivity index is 2.77. The van der Waals surface area contributed by atoms with Gasteiger partial charge in [0.15, 0.2) is 0 Å². The molecule has 1 aromatic carbocycles. The second-order valence-electron chi connectivity index (χ2n) is 4.12. The largest absolute Gasteiger partial charge is 0.393 e. The normalized spacial score (nSPS) is 12.2. The fraction of sp³-hybridized carbons (Fsp3) is 0.333. The van der Waals surface area contributed by atoms with E-state index in [0.717, 1.165) is 0 Å². The molecule has 0 saturated heterocycles. The molecule has 0 bridgehead atoms. The Labute approximate surface area is 105 Å². The Bertz CT molecular complexity index is 417. The van der Waals surface area contributed by atoms with Crippen LogP contribution in [0.5, 0.6) is 0 Å².